The molecule has 1 fully saturated rings. The number of esters is 1. The Balaban J connectivity index is 1.39. The molecular weight excluding hydrogens is 388 g/mol. The van der Waals surface area contributed by atoms with Crippen LogP contribution in [0.1, 0.15) is 42.9 Å². The number of carbonyl (C=O) groups is 1. The topological polar surface area (TPSA) is 50.8 Å². The highest BCUT2D eigenvalue weighted by Crippen LogP contribution is 2.35. The molecule has 4 rings (SSSR count). The van der Waals surface area contributed by atoms with E-state index in [1.54, 1.807) is 0 Å². The molecule has 5 nitrogen and oxygen atoms in total. The summed E-state index contributed by atoms with van der Waals surface area (Å²) in [4.78, 5) is 20.3. The van der Waals surface area contributed by atoms with Crippen molar-refractivity contribution in [2.24, 2.45) is 5.92 Å². The lowest BCUT2D eigenvalue weighted by atomic mass is 9.86. The first-order valence-electron chi connectivity index (χ1n) is 11.4. The summed E-state index contributed by atoms with van der Waals surface area (Å²) in [7, 11) is 0. The van der Waals surface area contributed by atoms with E-state index in [9.17, 15) is 4.79 Å². The Labute approximate surface area is 185 Å². The molecule has 2 aromatic rings. The van der Waals surface area contributed by atoms with E-state index < -0.39 is 0 Å². The molecule has 1 N–H and O–H groups in total. The number of benzene rings is 2. The van der Waals surface area contributed by atoms with Crippen LogP contribution in [0.3, 0.4) is 0 Å². The number of hydroxylamine groups is 1. The molecule has 1 atom stereocenters. The fourth-order valence-corrected chi connectivity index (χ4v) is 4.58. The van der Waals surface area contributed by atoms with Gasteiger partial charge in [-0.3, -0.25) is 15.1 Å². The zero-order chi connectivity index (χ0) is 21.5. The second-order valence-corrected chi connectivity index (χ2v) is 8.22. The van der Waals surface area contributed by atoms with E-state index in [0.29, 0.717) is 13.2 Å². The SMILES string of the molecule is CCOC(=O)[C@@H]1CCCN(CCONC2=C(c3ccccc3)CCc3ccccc32)C1. The first-order valence-corrected chi connectivity index (χ1v) is 11.4. The van der Waals surface area contributed by atoms with Gasteiger partial charge < -0.3 is 9.64 Å². The van der Waals surface area contributed by atoms with Gasteiger partial charge in [-0.1, -0.05) is 54.6 Å². The monoisotopic (exact) mass is 420 g/mol. The first kappa shape index (κ1) is 21.6. The van der Waals surface area contributed by atoms with Gasteiger partial charge in [-0.25, -0.2) is 0 Å². The fraction of sp³-hybridized carbons (Fsp3) is 0.423. The number of ether oxygens (including phenoxy) is 1. The molecule has 0 aromatic heterocycles. The maximum atomic E-state index is 12.1. The highest BCUT2D eigenvalue weighted by atomic mass is 16.6. The molecule has 0 amide bonds. The molecule has 31 heavy (non-hydrogen) atoms. The van der Waals surface area contributed by atoms with Gasteiger partial charge in [0.2, 0.25) is 0 Å². The van der Waals surface area contributed by atoms with Crippen LogP contribution < -0.4 is 5.48 Å². The van der Waals surface area contributed by atoms with E-state index >= 15 is 0 Å². The number of rotatable bonds is 8. The van der Waals surface area contributed by atoms with Crippen molar-refractivity contribution in [3.63, 3.8) is 0 Å². The van der Waals surface area contributed by atoms with Crippen molar-refractivity contribution in [1.82, 2.24) is 10.4 Å². The van der Waals surface area contributed by atoms with E-state index in [-0.39, 0.29) is 11.9 Å². The second-order valence-electron chi connectivity index (χ2n) is 8.22. The van der Waals surface area contributed by atoms with Crippen LogP contribution in [-0.4, -0.2) is 43.7 Å². The molecule has 0 unspecified atom stereocenters. The summed E-state index contributed by atoms with van der Waals surface area (Å²) < 4.78 is 5.21. The Kier molecular flexibility index (Phi) is 7.39. The van der Waals surface area contributed by atoms with Crippen LogP contribution in [0.25, 0.3) is 11.3 Å². The number of carbonyl (C=O) groups excluding carboxylic acids is 1. The van der Waals surface area contributed by atoms with Crippen molar-refractivity contribution in [3.05, 3.63) is 71.3 Å². The zero-order valence-electron chi connectivity index (χ0n) is 18.3. The number of nitrogens with one attached hydrogen (secondary N) is 1. The first-order chi connectivity index (χ1) is 15.3. The maximum absolute atomic E-state index is 12.1. The molecule has 164 valence electrons. The van der Waals surface area contributed by atoms with Gasteiger partial charge in [-0.2, -0.15) is 0 Å². The van der Waals surface area contributed by atoms with Gasteiger partial charge in [0.05, 0.1) is 24.8 Å². The van der Waals surface area contributed by atoms with Crippen LogP contribution >= 0.6 is 0 Å². The lowest BCUT2D eigenvalue weighted by Gasteiger charge is -2.31. The van der Waals surface area contributed by atoms with Gasteiger partial charge in [0.1, 0.15) is 0 Å². The van der Waals surface area contributed by atoms with E-state index in [0.717, 1.165) is 51.0 Å². The average Bonchev–Trinajstić information content (AvgIpc) is 2.82. The van der Waals surface area contributed by atoms with Crippen molar-refractivity contribution in [3.8, 4) is 0 Å². The van der Waals surface area contributed by atoms with E-state index in [1.165, 1.54) is 22.3 Å². The van der Waals surface area contributed by atoms with Crippen molar-refractivity contribution in [2.45, 2.75) is 32.6 Å². The Bertz CT molecular complexity index is 910. The zero-order valence-corrected chi connectivity index (χ0v) is 18.3. The third kappa shape index (κ3) is 5.35. The predicted octanol–water partition coefficient (Wildman–Crippen LogP) is 4.30. The third-order valence-electron chi connectivity index (χ3n) is 6.16. The van der Waals surface area contributed by atoms with Gasteiger partial charge in [0, 0.05) is 18.7 Å². The highest BCUT2D eigenvalue weighted by Gasteiger charge is 2.26. The summed E-state index contributed by atoms with van der Waals surface area (Å²) in [5.41, 5.74) is 9.44. The molecule has 0 radical (unpaired) electrons. The molecule has 1 saturated heterocycles. The number of hydrogen-bond acceptors (Lipinski definition) is 5. The highest BCUT2D eigenvalue weighted by molar-refractivity contribution is 5.92. The quantitative estimate of drug-likeness (QED) is 0.392. The summed E-state index contributed by atoms with van der Waals surface area (Å²) in [6.07, 6.45) is 3.96. The number of allylic oxidation sites excluding steroid dienone is 1. The summed E-state index contributed by atoms with van der Waals surface area (Å²) in [5.74, 6) is -0.0815. The van der Waals surface area contributed by atoms with Crippen molar-refractivity contribution >= 4 is 17.2 Å². The predicted molar refractivity (Wildman–Crippen MR) is 123 cm³/mol. The lowest BCUT2D eigenvalue weighted by molar-refractivity contribution is -0.150. The van der Waals surface area contributed by atoms with Gasteiger partial charge in [0.15, 0.2) is 0 Å². The standard InChI is InChI=1S/C26H32N2O3/c1-2-30-26(29)22-12-8-16-28(19-22)17-18-31-27-25-23-13-7-6-11-21(23)14-15-24(25)20-9-4-3-5-10-20/h3-7,9-11,13,22,27H,2,8,12,14-19H2,1H3/t22-/m1/s1. The van der Waals surface area contributed by atoms with Crippen LogP contribution in [0, 0.1) is 5.92 Å². The fourth-order valence-electron chi connectivity index (χ4n) is 4.58. The summed E-state index contributed by atoms with van der Waals surface area (Å²) in [6, 6.07) is 19.1. The van der Waals surface area contributed by atoms with Gasteiger partial charge in [-0.05, 0) is 55.9 Å². The lowest BCUT2D eigenvalue weighted by Crippen LogP contribution is -2.41. The number of hydrogen-bond donors (Lipinski definition) is 1. The number of likely N-dealkylation sites (tertiary alicyclic amines) is 1. The third-order valence-corrected chi connectivity index (χ3v) is 6.16. The van der Waals surface area contributed by atoms with Crippen LogP contribution in [0.2, 0.25) is 0 Å². The Morgan fingerprint density at radius 1 is 1.10 bits per heavy atom. The van der Waals surface area contributed by atoms with Gasteiger partial charge in [0.25, 0.3) is 0 Å². The van der Waals surface area contributed by atoms with Gasteiger partial charge in [-0.15, -0.1) is 0 Å². The van der Waals surface area contributed by atoms with E-state index in [1.807, 2.05) is 13.0 Å². The molecular formula is C26H32N2O3. The molecule has 0 spiro atoms. The van der Waals surface area contributed by atoms with Crippen LogP contribution in [0.15, 0.2) is 54.6 Å². The Morgan fingerprint density at radius 2 is 1.90 bits per heavy atom. The number of aryl methyl sites for hydroxylation is 1. The van der Waals surface area contributed by atoms with Crippen LogP contribution in [-0.2, 0) is 20.8 Å². The molecule has 0 bridgehead atoms. The van der Waals surface area contributed by atoms with Crippen LogP contribution in [0.4, 0.5) is 0 Å². The maximum Gasteiger partial charge on any atom is 0.310 e. The molecule has 1 aliphatic carbocycles. The number of nitrogens with zero attached hydrogens (tertiary/aromatic N) is 1. The van der Waals surface area contributed by atoms with E-state index in [4.69, 9.17) is 9.57 Å². The van der Waals surface area contributed by atoms with Crippen molar-refractivity contribution < 1.29 is 14.4 Å². The largest absolute Gasteiger partial charge is 0.466 e. The normalized spacial score (nSPS) is 19.1. The number of fused-ring (bicyclic) bond motifs is 1. The molecule has 5 heteroatoms. The average molecular weight is 421 g/mol. The molecule has 1 heterocycles. The molecule has 2 aliphatic rings. The smallest absolute Gasteiger partial charge is 0.310 e. The van der Waals surface area contributed by atoms with Crippen molar-refractivity contribution in [1.29, 1.82) is 0 Å². The van der Waals surface area contributed by atoms with E-state index in [2.05, 4.69) is 58.9 Å². The minimum Gasteiger partial charge on any atom is -0.466 e. The number of piperidine rings is 1. The molecule has 1 aliphatic heterocycles. The summed E-state index contributed by atoms with van der Waals surface area (Å²) in [5, 5.41) is 0. The Morgan fingerprint density at radius 3 is 2.74 bits per heavy atom. The Hall–Kier alpha value is -2.63. The summed E-state index contributed by atoms with van der Waals surface area (Å²) in [6.45, 7) is 5.41. The minimum atomic E-state index is -0.0669. The minimum absolute atomic E-state index is 0.0146. The van der Waals surface area contributed by atoms with Crippen molar-refractivity contribution in [2.75, 3.05) is 32.8 Å². The molecule has 2 aromatic carbocycles. The summed E-state index contributed by atoms with van der Waals surface area (Å²) >= 11 is 0. The van der Waals surface area contributed by atoms with Crippen LogP contribution in [0.5, 0.6) is 0 Å². The molecule has 0 saturated carbocycles. The second kappa shape index (κ2) is 10.6. The van der Waals surface area contributed by atoms with Gasteiger partial charge >= 0.3 is 5.97 Å².